The van der Waals surface area contributed by atoms with E-state index in [2.05, 4.69) is 39.4 Å². The van der Waals surface area contributed by atoms with E-state index in [1.165, 1.54) is 116 Å². The second kappa shape index (κ2) is 11.3. The van der Waals surface area contributed by atoms with Crippen molar-refractivity contribution in [2.45, 2.75) is 151 Å². The molecule has 0 aromatic rings. The van der Waals surface area contributed by atoms with Gasteiger partial charge in [0.05, 0.1) is 4.58 Å². The standard InChI is InChI=1S/C24H44N2S2/c1-20(27-25(23-16-8-9-17-23)21-12-4-2-5-13-21)28-26(24-18-10-11-19-24)22-14-6-3-7-15-22/h20-24H,2-19H2,1H3. The summed E-state index contributed by atoms with van der Waals surface area (Å²) in [6.07, 6.45) is 26.3. The molecule has 0 unspecified atom stereocenters. The van der Waals surface area contributed by atoms with Gasteiger partial charge in [0.1, 0.15) is 0 Å². The van der Waals surface area contributed by atoms with Crippen LogP contribution in [-0.2, 0) is 0 Å². The second-order valence-electron chi connectivity index (χ2n) is 9.96. The fourth-order valence-electron chi connectivity index (χ4n) is 6.29. The summed E-state index contributed by atoms with van der Waals surface area (Å²) in [5, 5.41) is 0. The molecule has 4 saturated carbocycles. The van der Waals surface area contributed by atoms with Gasteiger partial charge in [0, 0.05) is 24.2 Å². The molecule has 2 nitrogen and oxygen atoms in total. The van der Waals surface area contributed by atoms with Gasteiger partial charge in [-0.1, -0.05) is 88.1 Å². The van der Waals surface area contributed by atoms with Crippen molar-refractivity contribution in [1.82, 2.24) is 8.61 Å². The minimum absolute atomic E-state index is 0.671. The molecular weight excluding hydrogens is 380 g/mol. The van der Waals surface area contributed by atoms with E-state index in [1.807, 2.05) is 0 Å². The van der Waals surface area contributed by atoms with Crippen LogP contribution in [0.3, 0.4) is 0 Å². The Balaban J connectivity index is 1.38. The van der Waals surface area contributed by atoms with Crippen LogP contribution in [0.1, 0.15) is 122 Å². The zero-order chi connectivity index (χ0) is 19.2. The zero-order valence-electron chi connectivity index (χ0n) is 18.3. The zero-order valence-corrected chi connectivity index (χ0v) is 20.0. The van der Waals surface area contributed by atoms with E-state index in [0.29, 0.717) is 4.58 Å². The van der Waals surface area contributed by atoms with E-state index < -0.39 is 0 Å². The van der Waals surface area contributed by atoms with Gasteiger partial charge in [-0.3, -0.25) is 0 Å². The van der Waals surface area contributed by atoms with Crippen molar-refractivity contribution >= 4 is 23.9 Å². The highest BCUT2D eigenvalue weighted by Crippen LogP contribution is 2.43. The second-order valence-corrected chi connectivity index (χ2v) is 12.9. The summed E-state index contributed by atoms with van der Waals surface area (Å²) in [5.41, 5.74) is 0. The van der Waals surface area contributed by atoms with Gasteiger partial charge in [-0.05, 0) is 58.3 Å². The first kappa shape index (κ1) is 21.8. The van der Waals surface area contributed by atoms with E-state index in [1.54, 1.807) is 0 Å². The Bertz CT molecular complexity index is 396. The first-order chi connectivity index (χ1) is 13.8. The normalized spacial score (nSPS) is 27.0. The molecule has 4 heteroatoms. The molecule has 0 saturated heterocycles. The monoisotopic (exact) mass is 424 g/mol. The van der Waals surface area contributed by atoms with Crippen LogP contribution in [-0.4, -0.2) is 37.4 Å². The fraction of sp³-hybridized carbons (Fsp3) is 1.00. The predicted octanol–water partition coefficient (Wildman–Crippen LogP) is 7.78. The highest BCUT2D eigenvalue weighted by molar-refractivity contribution is 8.14. The van der Waals surface area contributed by atoms with Crippen LogP contribution >= 0.6 is 23.9 Å². The first-order valence-electron chi connectivity index (χ1n) is 12.7. The molecule has 4 aliphatic carbocycles. The molecule has 0 aromatic heterocycles. The molecular formula is C24H44N2S2. The molecule has 4 rings (SSSR count). The lowest BCUT2D eigenvalue weighted by Crippen LogP contribution is -2.41. The molecule has 0 amide bonds. The van der Waals surface area contributed by atoms with Crippen LogP contribution in [0.5, 0.6) is 0 Å². The van der Waals surface area contributed by atoms with Crippen LogP contribution in [0, 0.1) is 0 Å². The molecule has 0 bridgehead atoms. The highest BCUT2D eigenvalue weighted by atomic mass is 32.2. The first-order valence-corrected chi connectivity index (χ1v) is 14.4. The van der Waals surface area contributed by atoms with Crippen LogP contribution < -0.4 is 0 Å². The summed E-state index contributed by atoms with van der Waals surface area (Å²) in [4.78, 5) is 0. The minimum atomic E-state index is 0.671. The van der Waals surface area contributed by atoms with Crippen molar-refractivity contribution in [3.63, 3.8) is 0 Å². The summed E-state index contributed by atoms with van der Waals surface area (Å²) < 4.78 is 6.56. The van der Waals surface area contributed by atoms with Crippen molar-refractivity contribution in [2.75, 3.05) is 0 Å². The van der Waals surface area contributed by atoms with Gasteiger partial charge in [-0.25, -0.2) is 8.61 Å². The molecule has 0 aromatic carbocycles. The van der Waals surface area contributed by atoms with Gasteiger partial charge in [0.25, 0.3) is 0 Å². The molecule has 0 spiro atoms. The summed E-state index contributed by atoms with van der Waals surface area (Å²) in [6.45, 7) is 2.52. The lowest BCUT2D eigenvalue weighted by atomic mass is 9.94. The maximum Gasteiger partial charge on any atom is 0.0768 e. The quantitative estimate of drug-likeness (QED) is 0.290. The number of rotatable bonds is 8. The lowest BCUT2D eigenvalue weighted by Gasteiger charge is -2.42. The SMILES string of the molecule is CC(SN(C1CCCCC1)C1CCCC1)SN(C1CCCCC1)C1CCCC1. The number of hydrogen-bond donors (Lipinski definition) is 0. The van der Waals surface area contributed by atoms with Gasteiger partial charge >= 0.3 is 0 Å². The fourth-order valence-corrected chi connectivity index (χ4v) is 9.26. The van der Waals surface area contributed by atoms with Crippen molar-refractivity contribution in [2.24, 2.45) is 0 Å². The summed E-state index contributed by atoms with van der Waals surface area (Å²) in [5.74, 6) is 0. The molecule has 162 valence electrons. The number of hydrogen-bond acceptors (Lipinski definition) is 4. The smallest absolute Gasteiger partial charge is 0.0768 e. The summed E-state index contributed by atoms with van der Waals surface area (Å²) in [6, 6.07) is 3.45. The third-order valence-electron chi connectivity index (χ3n) is 7.78. The van der Waals surface area contributed by atoms with Crippen LogP contribution in [0.25, 0.3) is 0 Å². The molecule has 4 fully saturated rings. The van der Waals surface area contributed by atoms with E-state index in [4.69, 9.17) is 0 Å². The van der Waals surface area contributed by atoms with Crippen molar-refractivity contribution < 1.29 is 0 Å². The van der Waals surface area contributed by atoms with Crippen LogP contribution in [0.4, 0.5) is 0 Å². The predicted molar refractivity (Wildman–Crippen MR) is 127 cm³/mol. The maximum absolute atomic E-state index is 2.94. The van der Waals surface area contributed by atoms with E-state index in [0.717, 1.165) is 24.2 Å². The molecule has 28 heavy (non-hydrogen) atoms. The van der Waals surface area contributed by atoms with Crippen molar-refractivity contribution in [1.29, 1.82) is 0 Å². The Morgan fingerprint density at radius 2 is 0.714 bits per heavy atom. The molecule has 0 N–H and O–H groups in total. The van der Waals surface area contributed by atoms with E-state index >= 15 is 0 Å². The van der Waals surface area contributed by atoms with Gasteiger partial charge in [0.2, 0.25) is 0 Å². The Kier molecular flexibility index (Phi) is 8.81. The topological polar surface area (TPSA) is 6.48 Å². The van der Waals surface area contributed by atoms with Gasteiger partial charge in [-0.2, -0.15) is 0 Å². The molecule has 0 heterocycles. The third-order valence-corrected chi connectivity index (χ3v) is 10.6. The molecule has 0 radical (unpaired) electrons. The average Bonchev–Trinajstić information content (AvgIpc) is 3.46. The third kappa shape index (κ3) is 5.86. The Labute approximate surface area is 183 Å². The largest absolute Gasteiger partial charge is 0.243 e. The Hall–Kier alpha value is 0.620. The number of nitrogens with zero attached hydrogens (tertiary/aromatic N) is 2. The summed E-state index contributed by atoms with van der Waals surface area (Å²) >= 11 is 4.51. The van der Waals surface area contributed by atoms with E-state index in [-0.39, 0.29) is 0 Å². The van der Waals surface area contributed by atoms with Gasteiger partial charge in [-0.15, -0.1) is 0 Å². The Morgan fingerprint density at radius 1 is 0.464 bits per heavy atom. The van der Waals surface area contributed by atoms with Crippen molar-refractivity contribution in [3.05, 3.63) is 0 Å². The lowest BCUT2D eigenvalue weighted by molar-refractivity contribution is 0.218. The van der Waals surface area contributed by atoms with Gasteiger partial charge < -0.3 is 0 Å². The highest BCUT2D eigenvalue weighted by Gasteiger charge is 2.35. The van der Waals surface area contributed by atoms with Crippen molar-refractivity contribution in [3.8, 4) is 0 Å². The Morgan fingerprint density at radius 3 is 1.00 bits per heavy atom. The van der Waals surface area contributed by atoms with E-state index in [9.17, 15) is 0 Å². The molecule has 0 aliphatic heterocycles. The van der Waals surface area contributed by atoms with Crippen LogP contribution in [0.15, 0.2) is 0 Å². The van der Waals surface area contributed by atoms with Gasteiger partial charge in [0.15, 0.2) is 0 Å². The van der Waals surface area contributed by atoms with Crippen LogP contribution in [0.2, 0.25) is 0 Å². The summed E-state index contributed by atoms with van der Waals surface area (Å²) in [7, 11) is 0. The average molecular weight is 425 g/mol. The molecule has 4 aliphatic rings. The molecule has 0 atom stereocenters. The minimum Gasteiger partial charge on any atom is -0.243 e. The maximum atomic E-state index is 2.94.